The summed E-state index contributed by atoms with van der Waals surface area (Å²) in [6.45, 7) is 7.25. The van der Waals surface area contributed by atoms with Crippen LogP contribution in [0.25, 0.3) is 11.1 Å². The van der Waals surface area contributed by atoms with Gasteiger partial charge in [-0.05, 0) is 57.4 Å². The van der Waals surface area contributed by atoms with E-state index in [0.29, 0.717) is 29.3 Å². The molecule has 0 radical (unpaired) electrons. The molecule has 1 fully saturated rings. The number of oxazole rings is 1. The normalized spacial score (nSPS) is 17.5. The second-order valence-corrected chi connectivity index (χ2v) is 9.73. The lowest BCUT2D eigenvalue weighted by Crippen LogP contribution is -2.39. The molecule has 1 aromatic carbocycles. The number of aromatic nitrogens is 2. The van der Waals surface area contributed by atoms with Crippen molar-refractivity contribution in [2.45, 2.75) is 56.5 Å². The van der Waals surface area contributed by atoms with Crippen molar-refractivity contribution in [1.82, 2.24) is 20.2 Å². The van der Waals surface area contributed by atoms with E-state index in [4.69, 9.17) is 4.42 Å². The van der Waals surface area contributed by atoms with Crippen molar-refractivity contribution < 1.29 is 9.21 Å². The summed E-state index contributed by atoms with van der Waals surface area (Å²) < 4.78 is 5.77. The lowest BCUT2D eigenvalue weighted by molar-refractivity contribution is 0.0944. The zero-order valence-electron chi connectivity index (χ0n) is 17.5. The first-order chi connectivity index (χ1) is 14.6. The number of fused-ring (bicyclic) bond motifs is 1. The molecule has 1 saturated heterocycles. The smallest absolute Gasteiger partial charge is 0.270 e. The minimum atomic E-state index is -0.0912. The minimum absolute atomic E-state index is 0.0912. The lowest BCUT2D eigenvalue weighted by atomic mass is 10.0. The first-order valence-electron chi connectivity index (χ1n) is 10.5. The van der Waals surface area contributed by atoms with E-state index in [1.54, 1.807) is 0 Å². The molecule has 1 aliphatic rings. The van der Waals surface area contributed by atoms with Crippen LogP contribution in [0.2, 0.25) is 0 Å². The van der Waals surface area contributed by atoms with Gasteiger partial charge in [0.15, 0.2) is 5.58 Å². The molecular weight excluding hydrogens is 416 g/mol. The highest BCUT2D eigenvalue weighted by molar-refractivity contribution is 7.98. The van der Waals surface area contributed by atoms with Gasteiger partial charge in [-0.3, -0.25) is 4.79 Å². The molecule has 0 bridgehead atoms. The van der Waals surface area contributed by atoms with Gasteiger partial charge in [-0.25, -0.2) is 9.97 Å². The molecule has 2 aromatic heterocycles. The molecule has 3 heterocycles. The molecule has 0 aliphatic carbocycles. The maximum Gasteiger partial charge on any atom is 0.270 e. The van der Waals surface area contributed by atoms with Crippen molar-refractivity contribution in [2.24, 2.45) is 0 Å². The maximum absolute atomic E-state index is 12.4. The van der Waals surface area contributed by atoms with Crippen LogP contribution >= 0.6 is 23.1 Å². The largest absolute Gasteiger partial charge is 0.431 e. The predicted octanol–water partition coefficient (Wildman–Crippen LogP) is 4.88. The monoisotopic (exact) mass is 444 g/mol. The Balaban J connectivity index is 1.22. The Labute approximate surface area is 185 Å². The number of aryl methyl sites for hydroxylation is 1. The first-order valence-corrected chi connectivity index (χ1v) is 12.4. The van der Waals surface area contributed by atoms with Crippen LogP contribution in [0.1, 0.15) is 53.7 Å². The third kappa shape index (κ3) is 5.42. The fourth-order valence-electron chi connectivity index (χ4n) is 3.75. The van der Waals surface area contributed by atoms with Crippen molar-refractivity contribution in [1.29, 1.82) is 0 Å². The Bertz CT molecular complexity index is 1000. The Hall–Kier alpha value is -1.90. The van der Waals surface area contributed by atoms with Gasteiger partial charge in [0, 0.05) is 24.5 Å². The van der Waals surface area contributed by atoms with Crippen LogP contribution in [0.3, 0.4) is 0 Å². The number of thiazole rings is 1. The molecule has 3 aromatic rings. The summed E-state index contributed by atoms with van der Waals surface area (Å²) >= 11 is 3.00. The van der Waals surface area contributed by atoms with E-state index in [1.807, 2.05) is 30.5 Å². The second-order valence-electron chi connectivity index (χ2n) is 7.86. The highest BCUT2D eigenvalue weighted by Crippen LogP contribution is 2.27. The third-order valence-corrected chi connectivity index (χ3v) is 7.35. The molecule has 0 saturated carbocycles. The molecular formula is C22H28N4O2S2. The number of carbonyl (C=O) groups excluding carboxylic acids is 1. The van der Waals surface area contributed by atoms with E-state index < -0.39 is 0 Å². The molecule has 30 heavy (non-hydrogen) atoms. The van der Waals surface area contributed by atoms with E-state index in [2.05, 4.69) is 27.1 Å². The standard InChI is InChI=1S/C22H28N4O2S2/c1-15-7-8-19-17(12-15)25-22(28-19)30-14-20-24-18(13-29-20)21(27)23-9-5-11-26-10-4-3-6-16(26)2/h7-8,12-13,16H,3-6,9-11,14H2,1-2H3,(H,23,27). The maximum atomic E-state index is 12.4. The number of hydrogen-bond donors (Lipinski definition) is 1. The number of hydrogen-bond acceptors (Lipinski definition) is 7. The number of benzene rings is 1. The highest BCUT2D eigenvalue weighted by Gasteiger charge is 2.17. The molecule has 6 nitrogen and oxygen atoms in total. The summed E-state index contributed by atoms with van der Waals surface area (Å²) in [5.41, 5.74) is 3.32. The van der Waals surface area contributed by atoms with E-state index in [0.717, 1.165) is 34.6 Å². The Morgan fingerprint density at radius 2 is 2.27 bits per heavy atom. The van der Waals surface area contributed by atoms with Gasteiger partial charge >= 0.3 is 0 Å². The fraction of sp³-hybridized carbons (Fsp3) is 0.500. The fourth-order valence-corrected chi connectivity index (χ4v) is 5.38. The van der Waals surface area contributed by atoms with E-state index in [1.165, 1.54) is 48.9 Å². The van der Waals surface area contributed by atoms with Crippen molar-refractivity contribution >= 4 is 40.1 Å². The van der Waals surface area contributed by atoms with Gasteiger partial charge in [0.2, 0.25) is 0 Å². The van der Waals surface area contributed by atoms with Gasteiger partial charge in [0.05, 0.1) is 5.75 Å². The number of thioether (sulfide) groups is 1. The Morgan fingerprint density at radius 1 is 1.37 bits per heavy atom. The van der Waals surface area contributed by atoms with Crippen LogP contribution in [-0.4, -0.2) is 46.5 Å². The van der Waals surface area contributed by atoms with Crippen molar-refractivity contribution in [3.05, 3.63) is 39.8 Å². The number of carbonyl (C=O) groups is 1. The SMILES string of the molecule is Cc1ccc2oc(SCc3nc(C(=O)NCCCN4CCCCC4C)cs3)nc2c1. The van der Waals surface area contributed by atoms with Crippen LogP contribution < -0.4 is 5.32 Å². The van der Waals surface area contributed by atoms with Gasteiger partial charge < -0.3 is 14.6 Å². The van der Waals surface area contributed by atoms with Crippen LogP contribution in [0.4, 0.5) is 0 Å². The molecule has 8 heteroatoms. The van der Waals surface area contributed by atoms with Crippen molar-refractivity contribution in [3.8, 4) is 0 Å². The van der Waals surface area contributed by atoms with Crippen LogP contribution in [-0.2, 0) is 5.75 Å². The predicted molar refractivity (Wildman–Crippen MR) is 122 cm³/mol. The van der Waals surface area contributed by atoms with Gasteiger partial charge in [-0.1, -0.05) is 24.2 Å². The summed E-state index contributed by atoms with van der Waals surface area (Å²) in [5.74, 6) is 0.544. The summed E-state index contributed by atoms with van der Waals surface area (Å²) in [7, 11) is 0. The molecule has 1 aliphatic heterocycles. The average Bonchev–Trinajstić information content (AvgIpc) is 3.37. The van der Waals surface area contributed by atoms with Gasteiger partial charge in [0.25, 0.3) is 11.1 Å². The first kappa shape index (κ1) is 21.3. The highest BCUT2D eigenvalue weighted by atomic mass is 32.2. The summed E-state index contributed by atoms with van der Waals surface area (Å²) in [6, 6.07) is 6.64. The topological polar surface area (TPSA) is 71.3 Å². The lowest BCUT2D eigenvalue weighted by Gasteiger charge is -2.33. The Kier molecular flexibility index (Phi) is 7.07. The van der Waals surface area contributed by atoms with Crippen LogP contribution in [0, 0.1) is 6.92 Å². The molecule has 4 rings (SSSR count). The molecule has 1 N–H and O–H groups in total. The number of amides is 1. The van der Waals surface area contributed by atoms with Gasteiger partial charge in [0.1, 0.15) is 16.2 Å². The third-order valence-electron chi connectivity index (χ3n) is 5.48. The number of likely N-dealkylation sites (tertiary alicyclic amines) is 1. The van der Waals surface area contributed by atoms with E-state index in [-0.39, 0.29) is 5.91 Å². The zero-order valence-corrected chi connectivity index (χ0v) is 19.2. The zero-order chi connectivity index (χ0) is 20.9. The molecule has 160 valence electrons. The van der Waals surface area contributed by atoms with Gasteiger partial charge in [-0.2, -0.15) is 0 Å². The summed E-state index contributed by atoms with van der Waals surface area (Å²) in [4.78, 5) is 23.9. The van der Waals surface area contributed by atoms with Crippen molar-refractivity contribution in [3.63, 3.8) is 0 Å². The number of rotatable bonds is 8. The van der Waals surface area contributed by atoms with Crippen LogP contribution in [0.15, 0.2) is 33.2 Å². The van der Waals surface area contributed by atoms with Gasteiger partial charge in [-0.15, -0.1) is 11.3 Å². The molecule has 1 atom stereocenters. The van der Waals surface area contributed by atoms with Crippen LogP contribution in [0.5, 0.6) is 0 Å². The molecule has 0 spiro atoms. The molecule has 1 unspecified atom stereocenters. The summed E-state index contributed by atoms with van der Waals surface area (Å²) in [6.07, 6.45) is 4.89. The van der Waals surface area contributed by atoms with E-state index >= 15 is 0 Å². The Morgan fingerprint density at radius 3 is 3.13 bits per heavy atom. The average molecular weight is 445 g/mol. The number of nitrogens with one attached hydrogen (secondary N) is 1. The second kappa shape index (κ2) is 9.94. The number of nitrogens with zero attached hydrogens (tertiary/aromatic N) is 3. The number of piperidine rings is 1. The quantitative estimate of drug-likeness (QED) is 0.394. The minimum Gasteiger partial charge on any atom is -0.431 e. The van der Waals surface area contributed by atoms with Crippen molar-refractivity contribution in [2.75, 3.05) is 19.6 Å². The van der Waals surface area contributed by atoms with E-state index in [9.17, 15) is 4.79 Å². The molecule has 1 amide bonds. The summed E-state index contributed by atoms with van der Waals surface area (Å²) in [5, 5.41) is 6.35.